The normalized spacial score (nSPS) is 11.0. The van der Waals surface area contributed by atoms with Gasteiger partial charge in [-0.2, -0.15) is 0 Å². The molecule has 7 heteroatoms. The highest BCUT2D eigenvalue weighted by atomic mass is 32.2. The van der Waals surface area contributed by atoms with E-state index in [0.717, 1.165) is 11.3 Å². The minimum absolute atomic E-state index is 0.132. The molecule has 6 nitrogen and oxygen atoms in total. The summed E-state index contributed by atoms with van der Waals surface area (Å²) < 4.78 is 25.5. The Morgan fingerprint density at radius 3 is 2.08 bits per heavy atom. The predicted octanol–water partition coefficient (Wildman–Crippen LogP) is 1.88. The molecule has 0 radical (unpaired) electrons. The first kappa shape index (κ1) is 19.8. The number of nitrogens with zero attached hydrogens (tertiary/aromatic N) is 2. The lowest BCUT2D eigenvalue weighted by Gasteiger charge is -2.23. The van der Waals surface area contributed by atoms with Gasteiger partial charge in [0, 0.05) is 26.3 Å². The molecule has 0 saturated carbocycles. The van der Waals surface area contributed by atoms with Crippen molar-refractivity contribution in [2.75, 3.05) is 42.6 Å². The summed E-state index contributed by atoms with van der Waals surface area (Å²) >= 11 is 0. The molecule has 2 aromatic carbocycles. The molecule has 0 fully saturated rings. The second-order valence-corrected chi connectivity index (χ2v) is 8.17. The highest BCUT2D eigenvalue weighted by molar-refractivity contribution is 7.92. The molecule has 0 aliphatic rings. The van der Waals surface area contributed by atoms with Crippen LogP contribution >= 0.6 is 0 Å². The Morgan fingerprint density at radius 1 is 0.962 bits per heavy atom. The first-order valence-corrected chi connectivity index (χ1v) is 10.2. The molecule has 2 rings (SSSR count). The fourth-order valence-corrected chi connectivity index (χ4v) is 3.47. The van der Waals surface area contributed by atoms with E-state index in [0.29, 0.717) is 5.69 Å². The number of carbonyl (C=O) groups is 1. The second-order valence-electron chi connectivity index (χ2n) is 6.26. The third-order valence-corrected chi connectivity index (χ3v) is 5.09. The van der Waals surface area contributed by atoms with Crippen LogP contribution in [0.5, 0.6) is 0 Å². The summed E-state index contributed by atoms with van der Waals surface area (Å²) in [4.78, 5) is 14.0. The lowest BCUT2D eigenvalue weighted by molar-refractivity contribution is -0.120. The molecule has 0 atom stereocenters. The van der Waals surface area contributed by atoms with Gasteiger partial charge in [0.05, 0.1) is 24.9 Å². The van der Waals surface area contributed by atoms with Crippen molar-refractivity contribution in [1.29, 1.82) is 0 Å². The highest BCUT2D eigenvalue weighted by Crippen LogP contribution is 2.21. The minimum Gasteiger partial charge on any atom is -0.378 e. The molecule has 0 aliphatic heterocycles. The summed E-state index contributed by atoms with van der Waals surface area (Å²) in [5.41, 5.74) is 2.48. The Hall–Kier alpha value is -2.54. The van der Waals surface area contributed by atoms with Gasteiger partial charge in [-0.15, -0.1) is 0 Å². The van der Waals surface area contributed by atoms with Crippen LogP contribution in [0.15, 0.2) is 54.6 Å². The fraction of sp³-hybridized carbons (Fsp3) is 0.316. The van der Waals surface area contributed by atoms with E-state index in [1.807, 2.05) is 61.5 Å². The zero-order chi connectivity index (χ0) is 19.2. The molecule has 140 valence electrons. The van der Waals surface area contributed by atoms with Crippen molar-refractivity contribution in [3.05, 3.63) is 60.2 Å². The van der Waals surface area contributed by atoms with E-state index in [4.69, 9.17) is 0 Å². The zero-order valence-corrected chi connectivity index (χ0v) is 16.2. The molecular formula is C19H25N3O3S. The maximum atomic E-state index is 12.1. The van der Waals surface area contributed by atoms with E-state index in [1.54, 1.807) is 12.1 Å². The lowest BCUT2D eigenvalue weighted by atomic mass is 10.1. The highest BCUT2D eigenvalue weighted by Gasteiger charge is 2.17. The van der Waals surface area contributed by atoms with Gasteiger partial charge in [-0.1, -0.05) is 30.3 Å². The van der Waals surface area contributed by atoms with Gasteiger partial charge in [0.1, 0.15) is 0 Å². The number of amides is 1. The van der Waals surface area contributed by atoms with Crippen molar-refractivity contribution < 1.29 is 13.2 Å². The van der Waals surface area contributed by atoms with Gasteiger partial charge in [-0.25, -0.2) is 8.42 Å². The zero-order valence-electron chi connectivity index (χ0n) is 15.3. The van der Waals surface area contributed by atoms with Gasteiger partial charge in [-0.3, -0.25) is 9.10 Å². The Morgan fingerprint density at radius 2 is 1.54 bits per heavy atom. The van der Waals surface area contributed by atoms with Crippen LogP contribution in [-0.4, -0.2) is 47.8 Å². The Balaban J connectivity index is 1.97. The van der Waals surface area contributed by atoms with Crippen LogP contribution in [0, 0.1) is 0 Å². The van der Waals surface area contributed by atoms with Crippen LogP contribution < -0.4 is 14.5 Å². The molecule has 0 bridgehead atoms. The molecule has 1 amide bonds. The van der Waals surface area contributed by atoms with Crippen molar-refractivity contribution in [3.8, 4) is 0 Å². The summed E-state index contributed by atoms with van der Waals surface area (Å²) in [6, 6.07) is 16.7. The number of sulfonamides is 1. The number of hydrogen-bond donors (Lipinski definition) is 1. The van der Waals surface area contributed by atoms with E-state index in [-0.39, 0.29) is 25.4 Å². The minimum atomic E-state index is -3.44. The van der Waals surface area contributed by atoms with Crippen molar-refractivity contribution in [2.45, 2.75) is 6.42 Å². The van der Waals surface area contributed by atoms with Crippen LogP contribution in [0.25, 0.3) is 0 Å². The van der Waals surface area contributed by atoms with Gasteiger partial charge in [-0.05, 0) is 29.8 Å². The van der Waals surface area contributed by atoms with Crippen molar-refractivity contribution in [1.82, 2.24) is 5.32 Å². The first-order chi connectivity index (χ1) is 12.3. The molecule has 0 heterocycles. The smallest absolute Gasteiger partial charge is 0.232 e. The van der Waals surface area contributed by atoms with Crippen LogP contribution in [0.4, 0.5) is 11.4 Å². The van der Waals surface area contributed by atoms with Crippen LogP contribution in [-0.2, 0) is 21.2 Å². The van der Waals surface area contributed by atoms with Crippen LogP contribution in [0.3, 0.4) is 0 Å². The van der Waals surface area contributed by atoms with E-state index < -0.39 is 10.0 Å². The lowest BCUT2D eigenvalue weighted by Crippen LogP contribution is -2.38. The van der Waals surface area contributed by atoms with Crippen molar-refractivity contribution >= 4 is 27.3 Å². The van der Waals surface area contributed by atoms with Gasteiger partial charge in [0.25, 0.3) is 0 Å². The fourth-order valence-electron chi connectivity index (χ4n) is 2.54. The summed E-state index contributed by atoms with van der Waals surface area (Å²) in [6.07, 6.45) is 1.44. The Bertz CT molecular complexity index is 819. The van der Waals surface area contributed by atoms with Crippen LogP contribution in [0.2, 0.25) is 0 Å². The molecule has 2 aromatic rings. The standard InChI is InChI=1S/C19H25N3O3S/c1-21(2)17-9-11-18(12-10-17)22(26(3,24)25)14-13-20-19(23)15-16-7-5-4-6-8-16/h4-12H,13-15H2,1-3H3,(H,20,23). The quantitative estimate of drug-likeness (QED) is 0.765. The maximum Gasteiger partial charge on any atom is 0.232 e. The average molecular weight is 375 g/mol. The van der Waals surface area contributed by atoms with E-state index in [1.165, 1.54) is 10.6 Å². The molecule has 1 N–H and O–H groups in total. The van der Waals surface area contributed by atoms with E-state index in [9.17, 15) is 13.2 Å². The van der Waals surface area contributed by atoms with Crippen molar-refractivity contribution in [3.63, 3.8) is 0 Å². The molecule has 26 heavy (non-hydrogen) atoms. The first-order valence-electron chi connectivity index (χ1n) is 8.33. The molecule has 0 aliphatic carbocycles. The predicted molar refractivity (Wildman–Crippen MR) is 106 cm³/mol. The van der Waals surface area contributed by atoms with E-state index in [2.05, 4.69) is 5.32 Å². The van der Waals surface area contributed by atoms with Gasteiger partial charge >= 0.3 is 0 Å². The summed E-state index contributed by atoms with van der Waals surface area (Å²) in [7, 11) is 0.405. The van der Waals surface area contributed by atoms with Crippen LogP contribution in [0.1, 0.15) is 5.56 Å². The number of benzene rings is 2. The van der Waals surface area contributed by atoms with Crippen molar-refractivity contribution in [2.24, 2.45) is 0 Å². The number of hydrogen-bond acceptors (Lipinski definition) is 4. The molecular weight excluding hydrogens is 350 g/mol. The SMILES string of the molecule is CN(C)c1ccc(N(CCNC(=O)Cc2ccccc2)S(C)(=O)=O)cc1. The Kier molecular flexibility index (Phi) is 6.63. The molecule has 0 unspecified atom stereocenters. The Labute approximate surface area is 155 Å². The molecule has 0 aromatic heterocycles. The number of nitrogens with one attached hydrogen (secondary N) is 1. The second kappa shape index (κ2) is 8.71. The third kappa shape index (κ3) is 5.77. The maximum absolute atomic E-state index is 12.1. The topological polar surface area (TPSA) is 69.7 Å². The largest absolute Gasteiger partial charge is 0.378 e. The van der Waals surface area contributed by atoms with Gasteiger partial charge in [0.15, 0.2) is 0 Å². The summed E-state index contributed by atoms with van der Waals surface area (Å²) in [5, 5.41) is 2.78. The summed E-state index contributed by atoms with van der Waals surface area (Å²) in [6.45, 7) is 0.425. The molecule has 0 spiro atoms. The average Bonchev–Trinajstić information content (AvgIpc) is 2.58. The van der Waals surface area contributed by atoms with E-state index >= 15 is 0 Å². The molecule has 0 saturated heterocycles. The number of anilines is 2. The third-order valence-electron chi connectivity index (χ3n) is 3.90. The van der Waals surface area contributed by atoms with Gasteiger partial charge in [0.2, 0.25) is 15.9 Å². The summed E-state index contributed by atoms with van der Waals surface area (Å²) in [5.74, 6) is -0.132. The van der Waals surface area contributed by atoms with Gasteiger partial charge < -0.3 is 10.2 Å². The monoisotopic (exact) mass is 375 g/mol. The number of carbonyl (C=O) groups excluding carboxylic acids is 1. The number of rotatable bonds is 8.